The fourth-order valence-corrected chi connectivity index (χ4v) is 8.80. The highest BCUT2D eigenvalue weighted by atomic mass is 35.5. The summed E-state index contributed by atoms with van der Waals surface area (Å²) in [5.74, 6) is -2.05. The molecule has 4 aromatic rings. The standard InChI is InChI=1S/C45H51ClN6O10S/c1-6-44(27-45(44,47)41(56)51-63(58,59)32-15-11-8-12-16-32)39(54)37-22-31(26-52(37)40(55)34(19-20-48-25-29(53)24-46)50-42(57)62-43(2,3)4)61-38-23-35(28-13-9-7-10-14-28)49-36-21-30(60-5)17-18-33(36)38/h6-18,21,23,31,34,37,48H,1,19-20,22,24-27,47H2,2-5H3,(H,50,57)(H,51,56)/t31-,34?,37+,44+,45+/m1/s1. The predicted molar refractivity (Wildman–Crippen MR) is 236 cm³/mol. The highest BCUT2D eigenvalue weighted by Gasteiger charge is 2.74. The van der Waals surface area contributed by atoms with Crippen LogP contribution in [0.15, 0.2) is 102 Å². The number of rotatable bonds is 18. The molecular formula is C45H51ClN6O10S. The SMILES string of the molecule is C=C[C@@]1(C(=O)[C@@H]2C[C@@H](Oc3cc(-c4ccccc4)nc4cc(OC)ccc34)CN2C(=O)C(CCNCC(=O)CCl)NC(=O)OC(C)(C)C)C[C@]1(N)C(=O)NS(=O)(=O)c1ccccc1. The van der Waals surface area contributed by atoms with E-state index in [4.69, 9.17) is 36.5 Å². The number of aromatic nitrogens is 1. The number of likely N-dealkylation sites (tertiary alicyclic amines) is 1. The Hall–Kier alpha value is -5.88. The Morgan fingerprint density at radius 3 is 2.35 bits per heavy atom. The number of Topliss-reactive ketones (excluding diaryl/α,β-unsaturated/α-hetero) is 2. The van der Waals surface area contributed by atoms with Crippen molar-refractivity contribution in [1.29, 1.82) is 0 Å². The molecule has 5 atom stereocenters. The molecule has 16 nitrogen and oxygen atoms in total. The molecule has 6 rings (SSSR count). The third-order valence-electron chi connectivity index (χ3n) is 11.0. The van der Waals surface area contributed by atoms with Gasteiger partial charge in [-0.1, -0.05) is 54.6 Å². The molecule has 2 aliphatic rings. The second-order valence-corrected chi connectivity index (χ2v) is 18.5. The molecule has 5 N–H and O–H groups in total. The third kappa shape index (κ3) is 10.3. The summed E-state index contributed by atoms with van der Waals surface area (Å²) in [6.07, 6.45) is -0.977. The number of nitrogens with one attached hydrogen (secondary N) is 3. The van der Waals surface area contributed by atoms with Crippen LogP contribution in [0, 0.1) is 5.41 Å². The molecule has 1 saturated carbocycles. The zero-order chi connectivity index (χ0) is 45.7. The first-order valence-corrected chi connectivity index (χ1v) is 22.2. The second-order valence-electron chi connectivity index (χ2n) is 16.5. The number of pyridine rings is 1. The smallest absolute Gasteiger partial charge is 0.408 e. The van der Waals surface area contributed by atoms with E-state index in [1.165, 1.54) is 35.2 Å². The lowest BCUT2D eigenvalue weighted by atomic mass is 9.88. The number of sulfonamides is 1. The lowest BCUT2D eigenvalue weighted by Crippen LogP contribution is -2.56. The number of ether oxygens (including phenoxy) is 3. The van der Waals surface area contributed by atoms with Gasteiger partial charge in [-0.15, -0.1) is 18.2 Å². The lowest BCUT2D eigenvalue weighted by Gasteiger charge is -2.31. The maximum atomic E-state index is 15.0. The minimum absolute atomic E-state index is 0.0407. The Balaban J connectivity index is 1.36. The number of amides is 3. The molecule has 1 aromatic heterocycles. The lowest BCUT2D eigenvalue weighted by molar-refractivity contribution is -0.141. The summed E-state index contributed by atoms with van der Waals surface area (Å²) in [4.78, 5) is 74.7. The van der Waals surface area contributed by atoms with Crippen LogP contribution in [0.1, 0.15) is 40.0 Å². The van der Waals surface area contributed by atoms with Crippen molar-refractivity contribution in [3.8, 4) is 22.8 Å². The Bertz CT molecular complexity index is 2500. The summed E-state index contributed by atoms with van der Waals surface area (Å²) in [5.41, 5.74) is 3.78. The fraction of sp³-hybridized carbons (Fsp3) is 0.378. The van der Waals surface area contributed by atoms with Crippen molar-refractivity contribution in [1.82, 2.24) is 25.2 Å². The first-order chi connectivity index (χ1) is 29.8. The van der Waals surface area contributed by atoms with Crippen molar-refractivity contribution in [2.75, 3.05) is 32.6 Å². The first kappa shape index (κ1) is 46.6. The molecule has 334 valence electrons. The number of hydrogen-bond acceptors (Lipinski definition) is 13. The predicted octanol–water partition coefficient (Wildman–Crippen LogP) is 4.29. The molecule has 0 spiro atoms. The minimum Gasteiger partial charge on any atom is -0.497 e. The summed E-state index contributed by atoms with van der Waals surface area (Å²) in [5, 5.41) is 6.17. The van der Waals surface area contributed by atoms with Crippen molar-refractivity contribution in [3.63, 3.8) is 0 Å². The van der Waals surface area contributed by atoms with Crippen LogP contribution in [0.2, 0.25) is 0 Å². The minimum atomic E-state index is -4.38. The van der Waals surface area contributed by atoms with Gasteiger partial charge in [0.05, 0.1) is 53.6 Å². The topological polar surface area (TPSA) is 225 Å². The zero-order valence-electron chi connectivity index (χ0n) is 35.4. The van der Waals surface area contributed by atoms with Gasteiger partial charge in [-0.25, -0.2) is 22.9 Å². The number of carbonyl (C=O) groups excluding carboxylic acids is 5. The number of nitrogens with zero attached hydrogens (tertiary/aromatic N) is 2. The van der Waals surface area contributed by atoms with Crippen LogP contribution in [0.3, 0.4) is 0 Å². The number of fused-ring (bicyclic) bond motifs is 1. The molecule has 63 heavy (non-hydrogen) atoms. The zero-order valence-corrected chi connectivity index (χ0v) is 37.0. The van der Waals surface area contributed by atoms with E-state index in [9.17, 15) is 27.6 Å². The molecule has 2 heterocycles. The van der Waals surface area contributed by atoms with E-state index in [-0.39, 0.29) is 55.5 Å². The molecule has 1 aliphatic heterocycles. The Morgan fingerprint density at radius 2 is 1.71 bits per heavy atom. The number of alkyl carbamates (subject to hydrolysis) is 1. The van der Waals surface area contributed by atoms with E-state index in [1.807, 2.05) is 35.1 Å². The van der Waals surface area contributed by atoms with Crippen molar-refractivity contribution in [3.05, 3.63) is 97.6 Å². The van der Waals surface area contributed by atoms with E-state index in [1.54, 1.807) is 58.2 Å². The van der Waals surface area contributed by atoms with Crippen LogP contribution in [-0.4, -0.2) is 110 Å². The van der Waals surface area contributed by atoms with Crippen LogP contribution >= 0.6 is 11.6 Å². The number of halogens is 1. The van der Waals surface area contributed by atoms with Gasteiger partial charge in [0.15, 0.2) is 11.6 Å². The Labute approximate surface area is 370 Å². The number of nitrogens with two attached hydrogens (primary N) is 1. The summed E-state index contributed by atoms with van der Waals surface area (Å²) in [6.45, 7) is 8.64. The monoisotopic (exact) mass is 902 g/mol. The summed E-state index contributed by atoms with van der Waals surface area (Å²) < 4.78 is 46.1. The van der Waals surface area contributed by atoms with Crippen LogP contribution in [0.5, 0.6) is 11.5 Å². The molecule has 0 radical (unpaired) electrons. The second kappa shape index (κ2) is 18.8. The molecule has 18 heteroatoms. The molecule has 2 fully saturated rings. The van der Waals surface area contributed by atoms with Gasteiger partial charge >= 0.3 is 6.09 Å². The van der Waals surface area contributed by atoms with Crippen LogP contribution in [0.25, 0.3) is 22.2 Å². The average molecular weight is 903 g/mol. The van der Waals surface area contributed by atoms with Gasteiger partial charge in [-0.05, 0) is 64.4 Å². The highest BCUT2D eigenvalue weighted by Crippen LogP contribution is 2.58. The number of methoxy groups -OCH3 is 1. The van der Waals surface area contributed by atoms with Crippen LogP contribution in [0.4, 0.5) is 4.79 Å². The van der Waals surface area contributed by atoms with Crippen molar-refractivity contribution in [2.45, 2.75) is 74.3 Å². The highest BCUT2D eigenvalue weighted by molar-refractivity contribution is 7.90. The van der Waals surface area contributed by atoms with E-state index in [0.29, 0.717) is 28.1 Å². The van der Waals surface area contributed by atoms with Crippen molar-refractivity contribution < 1.29 is 46.6 Å². The van der Waals surface area contributed by atoms with Crippen LogP contribution < -0.4 is 30.6 Å². The van der Waals surface area contributed by atoms with Gasteiger partial charge in [0, 0.05) is 29.5 Å². The molecule has 3 aromatic carbocycles. The van der Waals surface area contributed by atoms with Crippen molar-refractivity contribution in [2.24, 2.45) is 11.1 Å². The fourth-order valence-electron chi connectivity index (χ4n) is 7.65. The summed E-state index contributed by atoms with van der Waals surface area (Å²) in [6, 6.07) is 21.1. The molecule has 1 saturated heterocycles. The summed E-state index contributed by atoms with van der Waals surface area (Å²) >= 11 is 5.67. The van der Waals surface area contributed by atoms with E-state index in [2.05, 4.69) is 17.2 Å². The van der Waals surface area contributed by atoms with E-state index >= 15 is 4.79 Å². The van der Waals surface area contributed by atoms with Gasteiger partial charge in [0.2, 0.25) is 5.91 Å². The maximum Gasteiger partial charge on any atom is 0.408 e. The third-order valence-corrected chi connectivity index (χ3v) is 12.6. The summed E-state index contributed by atoms with van der Waals surface area (Å²) in [7, 11) is -2.84. The normalized spacial score (nSPS) is 21.2. The van der Waals surface area contributed by atoms with Gasteiger partial charge in [0.25, 0.3) is 15.9 Å². The first-order valence-electron chi connectivity index (χ1n) is 20.2. The Kier molecular flexibility index (Phi) is 13.9. The van der Waals surface area contributed by atoms with E-state index in [0.717, 1.165) is 5.56 Å². The van der Waals surface area contributed by atoms with Gasteiger partial charge in [-0.2, -0.15) is 0 Å². The maximum absolute atomic E-state index is 15.0. The average Bonchev–Trinajstić information content (AvgIpc) is 3.70. The quantitative estimate of drug-likeness (QED) is 0.0622. The van der Waals surface area contributed by atoms with Crippen LogP contribution in [-0.2, 0) is 33.9 Å². The number of carbonyl (C=O) groups is 5. The molecular weight excluding hydrogens is 852 g/mol. The van der Waals surface area contributed by atoms with E-state index < -0.39 is 68.5 Å². The molecule has 1 unspecified atom stereocenters. The van der Waals surface area contributed by atoms with Crippen molar-refractivity contribution >= 4 is 62.0 Å². The molecule has 1 aliphatic carbocycles. The molecule has 0 bridgehead atoms. The number of alkyl halides is 1. The Morgan fingerprint density at radius 1 is 1.03 bits per heavy atom. The molecule has 3 amide bonds. The van der Waals surface area contributed by atoms with Gasteiger partial charge < -0.3 is 35.5 Å². The number of benzene rings is 3. The largest absolute Gasteiger partial charge is 0.497 e. The van der Waals surface area contributed by atoms with Gasteiger partial charge in [-0.3, -0.25) is 19.2 Å². The number of ketones is 2. The van der Waals surface area contributed by atoms with Gasteiger partial charge in [0.1, 0.15) is 34.8 Å². The number of hydrogen-bond donors (Lipinski definition) is 4.